The number of carbonyl (C=O) groups excluding carboxylic acids is 1. The van der Waals surface area contributed by atoms with Crippen molar-refractivity contribution in [2.75, 3.05) is 6.61 Å². The quantitative estimate of drug-likeness (QED) is 0.910. The van der Waals surface area contributed by atoms with E-state index in [0.29, 0.717) is 12.2 Å². The Morgan fingerprint density at radius 3 is 2.48 bits per heavy atom. The first-order chi connectivity index (χ1) is 11.1. The van der Waals surface area contributed by atoms with Gasteiger partial charge in [0.15, 0.2) is 0 Å². The van der Waals surface area contributed by atoms with E-state index in [1.165, 1.54) is 24.3 Å². The average Bonchev–Trinajstić information content (AvgIpc) is 2.99. The van der Waals surface area contributed by atoms with E-state index in [0.717, 1.165) is 11.3 Å². The second kappa shape index (κ2) is 6.12. The van der Waals surface area contributed by atoms with Gasteiger partial charge in [-0.25, -0.2) is 4.79 Å². The molecule has 2 atom stereocenters. The van der Waals surface area contributed by atoms with Crippen molar-refractivity contribution in [1.29, 1.82) is 0 Å². The molecule has 1 heterocycles. The highest BCUT2D eigenvalue weighted by Crippen LogP contribution is 2.35. The highest BCUT2D eigenvalue weighted by Gasteiger charge is 2.29. The van der Waals surface area contributed by atoms with Crippen LogP contribution in [0.15, 0.2) is 48.5 Å². The number of hydrogen-bond donors (Lipinski definition) is 2. The van der Waals surface area contributed by atoms with Crippen molar-refractivity contribution in [1.82, 2.24) is 5.32 Å². The number of fused-ring (bicyclic) bond motifs is 1. The van der Waals surface area contributed by atoms with E-state index >= 15 is 0 Å². The molecular formula is C18H17NO4. The average molecular weight is 311 g/mol. The number of ether oxygens (including phenoxy) is 1. The molecule has 0 fully saturated rings. The summed E-state index contributed by atoms with van der Waals surface area (Å²) in [5.74, 6) is -0.262. The van der Waals surface area contributed by atoms with Crippen molar-refractivity contribution in [3.05, 3.63) is 65.2 Å². The van der Waals surface area contributed by atoms with Crippen LogP contribution in [0.25, 0.3) is 0 Å². The van der Waals surface area contributed by atoms with Gasteiger partial charge in [-0.1, -0.05) is 18.2 Å². The number of amides is 1. The third-order valence-corrected chi connectivity index (χ3v) is 4.09. The van der Waals surface area contributed by atoms with Crippen LogP contribution in [-0.2, 0) is 0 Å². The predicted octanol–water partition coefficient (Wildman–Crippen LogP) is 2.68. The van der Waals surface area contributed by atoms with Crippen LogP contribution in [0.4, 0.5) is 0 Å². The van der Waals surface area contributed by atoms with E-state index in [4.69, 9.17) is 9.84 Å². The van der Waals surface area contributed by atoms with Gasteiger partial charge in [0, 0.05) is 23.1 Å². The van der Waals surface area contributed by atoms with E-state index < -0.39 is 5.97 Å². The lowest BCUT2D eigenvalue weighted by Crippen LogP contribution is -2.37. The summed E-state index contributed by atoms with van der Waals surface area (Å²) in [6.45, 7) is 2.48. The zero-order chi connectivity index (χ0) is 16.4. The molecule has 0 spiro atoms. The summed E-state index contributed by atoms with van der Waals surface area (Å²) < 4.78 is 5.65. The Hall–Kier alpha value is -2.82. The summed E-state index contributed by atoms with van der Waals surface area (Å²) in [5.41, 5.74) is 1.70. The maximum Gasteiger partial charge on any atom is 0.335 e. The molecule has 3 rings (SSSR count). The van der Waals surface area contributed by atoms with E-state index in [2.05, 4.69) is 5.32 Å². The lowest BCUT2D eigenvalue weighted by atomic mass is 9.94. The van der Waals surface area contributed by atoms with Gasteiger partial charge in [0.05, 0.1) is 12.2 Å². The van der Waals surface area contributed by atoms with Gasteiger partial charge in [-0.3, -0.25) is 4.79 Å². The van der Waals surface area contributed by atoms with Crippen molar-refractivity contribution in [3.63, 3.8) is 0 Å². The van der Waals surface area contributed by atoms with Gasteiger partial charge >= 0.3 is 5.97 Å². The van der Waals surface area contributed by atoms with Gasteiger partial charge in [-0.2, -0.15) is 0 Å². The van der Waals surface area contributed by atoms with E-state index in [-0.39, 0.29) is 23.4 Å². The van der Waals surface area contributed by atoms with Crippen LogP contribution in [-0.4, -0.2) is 29.6 Å². The Bertz CT molecular complexity index is 739. The van der Waals surface area contributed by atoms with Crippen molar-refractivity contribution in [2.24, 2.45) is 0 Å². The zero-order valence-corrected chi connectivity index (χ0v) is 12.7. The Kier molecular flexibility index (Phi) is 4.02. The minimum Gasteiger partial charge on any atom is -0.493 e. The molecule has 0 aliphatic carbocycles. The molecule has 23 heavy (non-hydrogen) atoms. The molecule has 1 amide bonds. The number of nitrogens with one attached hydrogen (secondary N) is 1. The lowest BCUT2D eigenvalue weighted by Gasteiger charge is -2.20. The number of hydrogen-bond acceptors (Lipinski definition) is 3. The molecule has 0 saturated heterocycles. The second-order valence-corrected chi connectivity index (χ2v) is 5.60. The molecule has 0 saturated carbocycles. The standard InChI is InChI=1S/C18H17NO4/c1-11(15-10-23-16-5-3-2-4-14(15)16)19-17(20)12-6-8-13(9-7-12)18(21)22/h2-9,11,15H,10H2,1H3,(H,19,20)(H,21,22)/t11-,15+/m0/s1. The normalized spacial score (nSPS) is 17.0. The van der Waals surface area contributed by atoms with Gasteiger partial charge in [0.25, 0.3) is 5.91 Å². The minimum absolute atomic E-state index is 0.0923. The van der Waals surface area contributed by atoms with Crippen LogP contribution >= 0.6 is 0 Å². The van der Waals surface area contributed by atoms with Gasteiger partial charge in [0.2, 0.25) is 0 Å². The number of benzene rings is 2. The predicted molar refractivity (Wildman–Crippen MR) is 85.0 cm³/mol. The van der Waals surface area contributed by atoms with Gasteiger partial charge in [0.1, 0.15) is 5.75 Å². The fourth-order valence-electron chi connectivity index (χ4n) is 2.76. The lowest BCUT2D eigenvalue weighted by molar-refractivity contribution is 0.0696. The molecule has 5 heteroatoms. The molecule has 2 aromatic carbocycles. The van der Waals surface area contributed by atoms with Gasteiger partial charge in [-0.05, 0) is 37.3 Å². The molecule has 1 aliphatic rings. The number of para-hydroxylation sites is 1. The van der Waals surface area contributed by atoms with Crippen molar-refractivity contribution in [3.8, 4) is 5.75 Å². The van der Waals surface area contributed by atoms with Gasteiger partial charge < -0.3 is 15.2 Å². The second-order valence-electron chi connectivity index (χ2n) is 5.60. The number of carboxylic acid groups (broad SMARTS) is 1. The molecule has 0 bridgehead atoms. The molecule has 0 aromatic heterocycles. The third-order valence-electron chi connectivity index (χ3n) is 4.09. The fraction of sp³-hybridized carbons (Fsp3) is 0.222. The fourth-order valence-corrected chi connectivity index (χ4v) is 2.76. The number of carboxylic acids is 1. The number of rotatable bonds is 4. The van der Waals surface area contributed by atoms with Crippen LogP contribution in [0.1, 0.15) is 39.1 Å². The maximum atomic E-state index is 12.3. The topological polar surface area (TPSA) is 75.6 Å². The van der Waals surface area contributed by atoms with Crippen LogP contribution in [0.3, 0.4) is 0 Å². The Balaban J connectivity index is 1.69. The van der Waals surface area contributed by atoms with Crippen molar-refractivity contribution in [2.45, 2.75) is 18.9 Å². The van der Waals surface area contributed by atoms with Crippen LogP contribution in [0.2, 0.25) is 0 Å². The Labute approximate surface area is 133 Å². The largest absolute Gasteiger partial charge is 0.493 e. The first-order valence-corrected chi connectivity index (χ1v) is 7.42. The first kappa shape index (κ1) is 15.1. The van der Waals surface area contributed by atoms with Gasteiger partial charge in [-0.15, -0.1) is 0 Å². The smallest absolute Gasteiger partial charge is 0.335 e. The van der Waals surface area contributed by atoms with E-state index in [1.54, 1.807) is 0 Å². The maximum absolute atomic E-state index is 12.3. The molecule has 2 N–H and O–H groups in total. The third kappa shape index (κ3) is 3.04. The van der Waals surface area contributed by atoms with Crippen LogP contribution in [0, 0.1) is 0 Å². The SMILES string of the molecule is C[C@H](NC(=O)c1ccc(C(=O)O)cc1)[C@H]1COc2ccccc21. The zero-order valence-electron chi connectivity index (χ0n) is 12.7. The summed E-state index contributed by atoms with van der Waals surface area (Å²) >= 11 is 0. The summed E-state index contributed by atoms with van der Waals surface area (Å²) in [5, 5.41) is 11.8. The Morgan fingerprint density at radius 1 is 1.13 bits per heavy atom. The Morgan fingerprint density at radius 2 is 1.78 bits per heavy atom. The van der Waals surface area contributed by atoms with Crippen molar-refractivity contribution >= 4 is 11.9 Å². The van der Waals surface area contributed by atoms with E-state index in [9.17, 15) is 9.59 Å². The first-order valence-electron chi connectivity index (χ1n) is 7.42. The molecule has 118 valence electrons. The summed E-state index contributed by atoms with van der Waals surface area (Å²) in [7, 11) is 0. The molecule has 0 unspecified atom stereocenters. The highest BCUT2D eigenvalue weighted by molar-refractivity contribution is 5.96. The highest BCUT2D eigenvalue weighted by atomic mass is 16.5. The number of carbonyl (C=O) groups is 2. The summed E-state index contributed by atoms with van der Waals surface area (Å²) in [4.78, 5) is 23.1. The molecular weight excluding hydrogens is 294 g/mol. The molecule has 2 aromatic rings. The number of aromatic carboxylic acids is 1. The molecule has 0 radical (unpaired) electrons. The van der Waals surface area contributed by atoms with Crippen LogP contribution < -0.4 is 10.1 Å². The minimum atomic E-state index is -1.01. The summed E-state index contributed by atoms with van der Waals surface area (Å²) in [6, 6.07) is 13.6. The monoisotopic (exact) mass is 311 g/mol. The van der Waals surface area contributed by atoms with Crippen molar-refractivity contribution < 1.29 is 19.4 Å². The molecule has 5 nitrogen and oxygen atoms in total. The molecule has 1 aliphatic heterocycles. The van der Waals surface area contributed by atoms with Crippen LogP contribution in [0.5, 0.6) is 5.75 Å². The summed E-state index contributed by atoms with van der Waals surface area (Å²) in [6.07, 6.45) is 0. The van der Waals surface area contributed by atoms with E-state index in [1.807, 2.05) is 31.2 Å².